The van der Waals surface area contributed by atoms with Gasteiger partial charge in [0, 0.05) is 5.56 Å². The standard InChI is InChI=1S/C18H16O5.Na/c1-22-18(21)17(20)11-16(19)14-7-9-15(10-8-14)23-12-13-5-3-2-4-6-13;/h2-11,20H,12H2,1H3;/q;+1/p-1. The van der Waals surface area contributed by atoms with Gasteiger partial charge >= 0.3 is 35.5 Å². The fourth-order valence-corrected chi connectivity index (χ4v) is 1.82. The van der Waals surface area contributed by atoms with Crippen LogP contribution in [-0.4, -0.2) is 18.9 Å². The maximum absolute atomic E-state index is 11.8. The first-order valence-corrected chi connectivity index (χ1v) is 6.88. The van der Waals surface area contributed by atoms with Gasteiger partial charge in [-0.25, -0.2) is 4.79 Å². The number of carbonyl (C=O) groups excluding carboxylic acids is 2. The molecule has 0 aromatic heterocycles. The van der Waals surface area contributed by atoms with Gasteiger partial charge in [0.2, 0.25) is 0 Å². The van der Waals surface area contributed by atoms with Crippen molar-refractivity contribution in [3.63, 3.8) is 0 Å². The van der Waals surface area contributed by atoms with Crippen LogP contribution in [0.5, 0.6) is 5.75 Å². The Bertz CT molecular complexity index is 708. The van der Waals surface area contributed by atoms with Crippen LogP contribution in [0.1, 0.15) is 15.9 Å². The van der Waals surface area contributed by atoms with Crippen LogP contribution in [0.3, 0.4) is 0 Å². The average molecular weight is 334 g/mol. The van der Waals surface area contributed by atoms with Crippen molar-refractivity contribution in [1.29, 1.82) is 0 Å². The summed E-state index contributed by atoms with van der Waals surface area (Å²) in [4.78, 5) is 22.8. The smallest absolute Gasteiger partial charge is 0.867 e. The molecule has 0 fully saturated rings. The first-order valence-electron chi connectivity index (χ1n) is 6.88. The summed E-state index contributed by atoms with van der Waals surface area (Å²) in [7, 11) is 1.08. The second-order valence-corrected chi connectivity index (χ2v) is 4.66. The van der Waals surface area contributed by atoms with E-state index in [4.69, 9.17) is 4.74 Å². The van der Waals surface area contributed by atoms with E-state index in [1.54, 1.807) is 12.1 Å². The Morgan fingerprint density at radius 3 is 2.25 bits per heavy atom. The quantitative estimate of drug-likeness (QED) is 0.220. The molecule has 0 heterocycles. The van der Waals surface area contributed by atoms with Gasteiger partial charge in [-0.1, -0.05) is 30.3 Å². The number of benzene rings is 2. The zero-order chi connectivity index (χ0) is 16.7. The number of hydrogen-bond donors (Lipinski definition) is 0. The number of carbonyl (C=O) groups is 2. The van der Waals surface area contributed by atoms with Crippen LogP contribution >= 0.6 is 0 Å². The molecular formula is C18H15NaO5. The van der Waals surface area contributed by atoms with Crippen molar-refractivity contribution in [3.05, 3.63) is 77.6 Å². The number of rotatable bonds is 6. The van der Waals surface area contributed by atoms with Crippen LogP contribution in [-0.2, 0) is 16.1 Å². The third-order valence-electron chi connectivity index (χ3n) is 3.04. The number of ether oxygens (including phenoxy) is 2. The van der Waals surface area contributed by atoms with Crippen molar-refractivity contribution < 1.29 is 53.7 Å². The van der Waals surface area contributed by atoms with E-state index in [0.29, 0.717) is 18.4 Å². The second kappa shape index (κ2) is 9.93. The van der Waals surface area contributed by atoms with E-state index in [0.717, 1.165) is 12.7 Å². The largest absolute Gasteiger partial charge is 1.00 e. The molecule has 0 spiro atoms. The minimum absolute atomic E-state index is 0. The van der Waals surface area contributed by atoms with E-state index < -0.39 is 17.5 Å². The Hall–Kier alpha value is -2.08. The molecule has 2 aromatic carbocycles. The number of ketones is 1. The molecule has 0 saturated carbocycles. The maximum Gasteiger partial charge on any atom is 1.00 e. The molecule has 0 atom stereocenters. The molecule has 0 N–H and O–H groups in total. The molecule has 5 nitrogen and oxygen atoms in total. The summed E-state index contributed by atoms with van der Waals surface area (Å²) >= 11 is 0. The minimum Gasteiger partial charge on any atom is -0.867 e. The van der Waals surface area contributed by atoms with Gasteiger partial charge in [0.1, 0.15) is 12.4 Å². The molecule has 0 saturated heterocycles. The van der Waals surface area contributed by atoms with E-state index in [1.165, 1.54) is 12.1 Å². The van der Waals surface area contributed by atoms with Crippen molar-refractivity contribution in [3.8, 4) is 5.75 Å². The first-order chi connectivity index (χ1) is 11.1. The van der Waals surface area contributed by atoms with E-state index in [2.05, 4.69) is 4.74 Å². The number of esters is 1. The Morgan fingerprint density at radius 1 is 1.04 bits per heavy atom. The van der Waals surface area contributed by atoms with Gasteiger partial charge in [-0.15, -0.1) is 0 Å². The molecule has 0 aliphatic heterocycles. The number of hydrogen-bond acceptors (Lipinski definition) is 5. The maximum atomic E-state index is 11.8. The number of methoxy groups -OCH3 is 1. The molecule has 0 aliphatic rings. The predicted molar refractivity (Wildman–Crippen MR) is 81.6 cm³/mol. The topological polar surface area (TPSA) is 75.7 Å². The monoisotopic (exact) mass is 334 g/mol. The summed E-state index contributed by atoms with van der Waals surface area (Å²) < 4.78 is 9.85. The molecule has 2 aromatic rings. The number of allylic oxidation sites excluding steroid dienone is 1. The van der Waals surface area contributed by atoms with Gasteiger partial charge in [0.05, 0.1) is 7.11 Å². The zero-order valence-electron chi connectivity index (χ0n) is 13.5. The molecule has 24 heavy (non-hydrogen) atoms. The summed E-state index contributed by atoms with van der Waals surface area (Å²) in [6.07, 6.45) is 0.714. The van der Waals surface area contributed by atoms with Crippen LogP contribution in [0.25, 0.3) is 0 Å². The predicted octanol–water partition coefficient (Wildman–Crippen LogP) is -1.13. The molecule has 6 heteroatoms. The van der Waals surface area contributed by atoms with Gasteiger partial charge in [-0.05, 0) is 41.7 Å². The van der Waals surface area contributed by atoms with Crippen LogP contribution in [0.2, 0.25) is 0 Å². The Labute approximate surface area is 162 Å². The third-order valence-corrected chi connectivity index (χ3v) is 3.04. The van der Waals surface area contributed by atoms with Crippen molar-refractivity contribution >= 4 is 11.8 Å². The molecule has 0 unspecified atom stereocenters. The van der Waals surface area contributed by atoms with Crippen LogP contribution < -0.4 is 39.4 Å². The molecular weight excluding hydrogens is 319 g/mol. The minimum atomic E-state index is -1.07. The van der Waals surface area contributed by atoms with Gasteiger partial charge in [-0.3, -0.25) is 4.79 Å². The molecule has 0 aliphatic carbocycles. The zero-order valence-corrected chi connectivity index (χ0v) is 15.5. The Kier molecular flexibility index (Phi) is 8.26. The fraction of sp³-hybridized carbons (Fsp3) is 0.111. The van der Waals surface area contributed by atoms with Gasteiger partial charge < -0.3 is 14.6 Å². The molecule has 0 radical (unpaired) electrons. The van der Waals surface area contributed by atoms with Crippen molar-refractivity contribution in [1.82, 2.24) is 0 Å². The Balaban J connectivity index is 0.00000288. The SMILES string of the molecule is COC(=O)C([O-])=CC(=O)c1ccc(OCc2ccccc2)cc1.[Na+]. The molecule has 2 rings (SSSR count). The summed E-state index contributed by atoms with van der Waals surface area (Å²) in [5.41, 5.74) is 1.32. The Morgan fingerprint density at radius 2 is 1.67 bits per heavy atom. The van der Waals surface area contributed by atoms with E-state index in [9.17, 15) is 14.7 Å². The first kappa shape index (κ1) is 20.0. The van der Waals surface area contributed by atoms with Crippen molar-refractivity contribution in [2.45, 2.75) is 6.61 Å². The normalized spacial score (nSPS) is 10.5. The van der Waals surface area contributed by atoms with Crippen LogP contribution in [0.4, 0.5) is 0 Å². The molecule has 118 valence electrons. The van der Waals surface area contributed by atoms with Crippen molar-refractivity contribution in [2.75, 3.05) is 7.11 Å². The summed E-state index contributed by atoms with van der Waals surface area (Å²) in [6, 6.07) is 16.0. The van der Waals surface area contributed by atoms with Gasteiger partial charge in [-0.2, -0.15) is 0 Å². The molecule has 0 bridgehead atoms. The van der Waals surface area contributed by atoms with Crippen LogP contribution in [0.15, 0.2) is 66.4 Å². The summed E-state index contributed by atoms with van der Waals surface area (Å²) in [5.74, 6) is -2.01. The fourth-order valence-electron chi connectivity index (χ4n) is 1.82. The van der Waals surface area contributed by atoms with E-state index >= 15 is 0 Å². The second-order valence-electron chi connectivity index (χ2n) is 4.66. The van der Waals surface area contributed by atoms with E-state index in [1.807, 2.05) is 30.3 Å². The van der Waals surface area contributed by atoms with Crippen molar-refractivity contribution in [2.24, 2.45) is 0 Å². The van der Waals surface area contributed by atoms with Crippen LogP contribution in [0, 0.1) is 0 Å². The van der Waals surface area contributed by atoms with E-state index in [-0.39, 0.29) is 35.1 Å². The summed E-state index contributed by atoms with van der Waals surface area (Å²) in [6.45, 7) is 0.418. The van der Waals surface area contributed by atoms with Gasteiger partial charge in [0.25, 0.3) is 0 Å². The molecule has 0 amide bonds. The summed E-state index contributed by atoms with van der Waals surface area (Å²) in [5, 5.41) is 11.3. The third kappa shape index (κ3) is 5.85. The average Bonchev–Trinajstić information content (AvgIpc) is 2.60. The van der Waals surface area contributed by atoms with Gasteiger partial charge in [0.15, 0.2) is 5.78 Å².